The van der Waals surface area contributed by atoms with E-state index in [2.05, 4.69) is 21.8 Å². The molecule has 1 aliphatic carbocycles. The smallest absolute Gasteiger partial charge is 0.311 e. The van der Waals surface area contributed by atoms with Gasteiger partial charge in [0.05, 0.1) is 38.4 Å². The third-order valence-corrected chi connectivity index (χ3v) is 6.22. The molecule has 0 radical (unpaired) electrons. The first kappa shape index (κ1) is 23.4. The summed E-state index contributed by atoms with van der Waals surface area (Å²) in [5.74, 6) is 0.147. The van der Waals surface area contributed by atoms with Gasteiger partial charge in [-0.2, -0.15) is 0 Å². The Balaban J connectivity index is 1.82. The predicted octanol–water partition coefficient (Wildman–Crippen LogP) is 6.53. The first-order valence-corrected chi connectivity index (χ1v) is 11.9. The van der Waals surface area contributed by atoms with Crippen LogP contribution in [-0.4, -0.2) is 25.5 Å². The first-order valence-electron chi connectivity index (χ1n) is 11.6. The van der Waals surface area contributed by atoms with Gasteiger partial charge in [0.1, 0.15) is 0 Å². The Morgan fingerprint density at radius 1 is 1.11 bits per heavy atom. The van der Waals surface area contributed by atoms with E-state index in [-0.39, 0.29) is 17.5 Å². The standard InChI is InChI=1S/C27H23ClN6O2/c1-3-17(2)30-22-16-26-23(15-21(22)32-27-25(34(35)36)9-6-14-29-27)31-20-7-4-5-8-24(20)33(26)19-12-10-18(28)11-13-19/h4-17H,3H2,1-2H3,(H,29,32). The fourth-order valence-corrected chi connectivity index (χ4v) is 4.14. The second-order valence-electron chi connectivity index (χ2n) is 8.41. The van der Waals surface area contributed by atoms with Crippen LogP contribution < -0.4 is 10.7 Å². The van der Waals surface area contributed by atoms with Gasteiger partial charge in [0.25, 0.3) is 0 Å². The lowest BCUT2D eigenvalue weighted by Gasteiger charge is -2.20. The minimum absolute atomic E-state index is 0.0408. The van der Waals surface area contributed by atoms with Crippen molar-refractivity contribution in [3.8, 4) is 17.1 Å². The molecule has 0 amide bonds. The van der Waals surface area contributed by atoms with E-state index in [1.807, 2.05) is 67.6 Å². The molecule has 0 spiro atoms. The highest BCUT2D eigenvalue weighted by Crippen LogP contribution is 2.31. The number of benzene rings is 3. The molecule has 0 saturated carbocycles. The highest BCUT2D eigenvalue weighted by atomic mass is 35.5. The number of pyridine rings is 1. The number of anilines is 2. The molecule has 3 aromatic rings. The molecule has 1 aromatic heterocycles. The van der Waals surface area contributed by atoms with Gasteiger partial charge in [0.2, 0.25) is 5.82 Å². The Bertz CT molecular complexity index is 1610. The summed E-state index contributed by atoms with van der Waals surface area (Å²) in [6.45, 7) is 4.10. The summed E-state index contributed by atoms with van der Waals surface area (Å²) >= 11 is 6.17. The lowest BCUT2D eigenvalue weighted by molar-refractivity contribution is -0.384. The summed E-state index contributed by atoms with van der Waals surface area (Å²) < 4.78 is 2.12. The fraction of sp³-hybridized carbons (Fsp3) is 0.148. The third-order valence-electron chi connectivity index (χ3n) is 5.97. The average Bonchev–Trinajstić information content (AvgIpc) is 2.88. The molecule has 5 rings (SSSR count). The van der Waals surface area contributed by atoms with E-state index in [0.29, 0.717) is 21.8 Å². The van der Waals surface area contributed by atoms with Crippen LogP contribution in [0.1, 0.15) is 20.3 Å². The quantitative estimate of drug-likeness (QED) is 0.163. The van der Waals surface area contributed by atoms with Crippen LogP contribution >= 0.6 is 11.6 Å². The van der Waals surface area contributed by atoms with Crippen molar-refractivity contribution in [2.45, 2.75) is 26.3 Å². The summed E-state index contributed by atoms with van der Waals surface area (Å²) in [5.41, 5.74) is 4.69. The number of fused-ring (bicyclic) bond motifs is 2. The van der Waals surface area contributed by atoms with E-state index < -0.39 is 4.92 Å². The highest BCUT2D eigenvalue weighted by Gasteiger charge is 2.19. The molecule has 1 unspecified atom stereocenters. The molecule has 1 aliphatic heterocycles. The van der Waals surface area contributed by atoms with Crippen molar-refractivity contribution in [1.82, 2.24) is 14.5 Å². The number of nitrogens with zero attached hydrogens (tertiary/aromatic N) is 5. The Labute approximate surface area is 212 Å². The summed E-state index contributed by atoms with van der Waals surface area (Å²) in [6, 6.07) is 22.3. The molecular weight excluding hydrogens is 476 g/mol. The molecule has 0 fully saturated rings. The summed E-state index contributed by atoms with van der Waals surface area (Å²) in [7, 11) is 0. The normalized spacial score (nSPS) is 12.7. The molecule has 180 valence electrons. The van der Waals surface area contributed by atoms with Crippen LogP contribution in [0, 0.1) is 10.1 Å². The van der Waals surface area contributed by atoms with Crippen LogP contribution in [0.3, 0.4) is 0 Å². The Morgan fingerprint density at radius 2 is 1.89 bits per heavy atom. The Morgan fingerprint density at radius 3 is 2.64 bits per heavy atom. The molecule has 2 aliphatic rings. The van der Waals surface area contributed by atoms with Crippen molar-refractivity contribution >= 4 is 39.8 Å². The lowest BCUT2D eigenvalue weighted by Crippen LogP contribution is -2.17. The average molecular weight is 499 g/mol. The van der Waals surface area contributed by atoms with Crippen LogP contribution in [0.25, 0.3) is 28.1 Å². The summed E-state index contributed by atoms with van der Waals surface area (Å²) in [5, 5.41) is 16.0. The topological polar surface area (TPSA) is 98.2 Å². The van der Waals surface area contributed by atoms with Crippen LogP contribution in [0.15, 0.2) is 84.0 Å². The predicted molar refractivity (Wildman–Crippen MR) is 142 cm³/mol. The zero-order valence-electron chi connectivity index (χ0n) is 19.7. The number of rotatable bonds is 6. The van der Waals surface area contributed by atoms with Gasteiger partial charge in [-0.3, -0.25) is 15.1 Å². The van der Waals surface area contributed by atoms with Gasteiger partial charge in [-0.15, -0.1) is 0 Å². The van der Waals surface area contributed by atoms with E-state index in [0.717, 1.165) is 28.8 Å². The minimum Gasteiger partial charge on any atom is -0.333 e. The third kappa shape index (κ3) is 4.50. The van der Waals surface area contributed by atoms with Crippen LogP contribution in [-0.2, 0) is 0 Å². The Kier molecular flexibility index (Phi) is 6.35. The van der Waals surface area contributed by atoms with Gasteiger partial charge in [-0.1, -0.05) is 30.7 Å². The van der Waals surface area contributed by atoms with Crippen molar-refractivity contribution in [3.63, 3.8) is 0 Å². The highest BCUT2D eigenvalue weighted by molar-refractivity contribution is 6.30. The molecule has 1 atom stereocenters. The minimum atomic E-state index is -0.456. The molecule has 36 heavy (non-hydrogen) atoms. The zero-order valence-corrected chi connectivity index (χ0v) is 20.5. The van der Waals surface area contributed by atoms with Gasteiger partial charge >= 0.3 is 5.69 Å². The van der Waals surface area contributed by atoms with Crippen LogP contribution in [0.5, 0.6) is 0 Å². The number of aromatic nitrogens is 3. The van der Waals surface area contributed by atoms with Crippen molar-refractivity contribution in [2.75, 3.05) is 5.32 Å². The number of para-hydroxylation sites is 2. The number of halogens is 1. The van der Waals surface area contributed by atoms with Gasteiger partial charge in [0.15, 0.2) is 0 Å². The molecule has 0 saturated heterocycles. The van der Waals surface area contributed by atoms with E-state index in [4.69, 9.17) is 21.6 Å². The molecule has 8 nitrogen and oxygen atoms in total. The maximum absolute atomic E-state index is 11.6. The molecule has 0 bridgehead atoms. The maximum atomic E-state index is 11.6. The summed E-state index contributed by atoms with van der Waals surface area (Å²) in [4.78, 5) is 25.1. The molecule has 2 aromatic carbocycles. The zero-order chi connectivity index (χ0) is 25.2. The molecule has 1 N–H and O–H groups in total. The van der Waals surface area contributed by atoms with Gasteiger partial charge in [-0.05, 0) is 67.9 Å². The maximum Gasteiger partial charge on any atom is 0.311 e. The lowest BCUT2D eigenvalue weighted by atomic mass is 10.1. The van der Waals surface area contributed by atoms with E-state index in [1.165, 1.54) is 18.3 Å². The largest absolute Gasteiger partial charge is 0.333 e. The van der Waals surface area contributed by atoms with Gasteiger partial charge < -0.3 is 9.88 Å². The van der Waals surface area contributed by atoms with Crippen molar-refractivity contribution in [3.05, 3.63) is 99.5 Å². The van der Waals surface area contributed by atoms with Crippen molar-refractivity contribution < 1.29 is 4.92 Å². The molecule has 9 heteroatoms. The van der Waals surface area contributed by atoms with E-state index in [1.54, 1.807) is 0 Å². The SMILES string of the molecule is CCC(C)N=c1cc2n(-c3ccc(Cl)cc3)c3ccccc3nc-2cc1Nc1ncccc1[N+](=O)[O-]. The number of hydrogen-bond donors (Lipinski definition) is 1. The first-order chi connectivity index (χ1) is 17.4. The fourth-order valence-electron chi connectivity index (χ4n) is 4.01. The van der Waals surface area contributed by atoms with E-state index in [9.17, 15) is 10.1 Å². The number of nitrogens with one attached hydrogen (secondary N) is 1. The van der Waals surface area contributed by atoms with Gasteiger partial charge in [0, 0.05) is 29.0 Å². The number of nitro groups is 1. The second kappa shape index (κ2) is 9.75. The van der Waals surface area contributed by atoms with Crippen LogP contribution in [0.2, 0.25) is 5.02 Å². The van der Waals surface area contributed by atoms with E-state index >= 15 is 0 Å². The van der Waals surface area contributed by atoms with Gasteiger partial charge in [-0.25, -0.2) is 9.97 Å². The van der Waals surface area contributed by atoms with Crippen molar-refractivity contribution in [2.24, 2.45) is 4.99 Å². The molecular formula is C27H23ClN6O2. The summed E-state index contributed by atoms with van der Waals surface area (Å²) in [6.07, 6.45) is 2.36. The van der Waals surface area contributed by atoms with Crippen LogP contribution in [0.4, 0.5) is 17.2 Å². The Hall–Kier alpha value is -4.30. The second-order valence-corrected chi connectivity index (χ2v) is 8.85. The van der Waals surface area contributed by atoms with Crippen molar-refractivity contribution in [1.29, 1.82) is 0 Å². The monoisotopic (exact) mass is 498 g/mol. The molecule has 2 heterocycles. The number of hydrogen-bond acceptors (Lipinski definition) is 6.